The summed E-state index contributed by atoms with van der Waals surface area (Å²) in [6.45, 7) is 66.4. The highest BCUT2D eigenvalue weighted by molar-refractivity contribution is 5.43. The molecule has 0 unspecified atom stereocenters. The molecule has 0 saturated heterocycles. The van der Waals surface area contributed by atoms with Gasteiger partial charge in [-0.1, -0.05) is 167 Å². The topological polar surface area (TPSA) is 0 Å². The summed E-state index contributed by atoms with van der Waals surface area (Å²) < 4.78 is 0. The van der Waals surface area contributed by atoms with E-state index in [1.165, 1.54) is 134 Å². The average molecular weight is 974 g/mol. The van der Waals surface area contributed by atoms with Gasteiger partial charge in [-0.2, -0.15) is 0 Å². The van der Waals surface area contributed by atoms with E-state index in [-0.39, 0.29) is 0 Å². The fraction of sp³-hybridized carbons (Fsp3) is 0.500. The van der Waals surface area contributed by atoms with Gasteiger partial charge in [0.25, 0.3) is 0 Å². The van der Waals surface area contributed by atoms with Crippen LogP contribution in [0.5, 0.6) is 0 Å². The van der Waals surface area contributed by atoms with Gasteiger partial charge in [-0.05, 0) is 283 Å². The van der Waals surface area contributed by atoms with E-state index in [1.807, 2.05) is 0 Å². The molecule has 0 aliphatic heterocycles. The van der Waals surface area contributed by atoms with Gasteiger partial charge in [-0.15, -0.1) is 0 Å². The maximum absolute atomic E-state index is 2.31. The summed E-state index contributed by atoms with van der Waals surface area (Å²) >= 11 is 0. The summed E-state index contributed by atoms with van der Waals surface area (Å²) in [6, 6.07) is 27.2. The van der Waals surface area contributed by atoms with Gasteiger partial charge in [0.2, 0.25) is 0 Å². The largest absolute Gasteiger partial charge is 0.0588 e. The Hall–Kier alpha value is -4.68. The molecular weight excluding hydrogens is 865 g/mol. The molecule has 0 N–H and O–H groups in total. The highest BCUT2D eigenvalue weighted by Crippen LogP contribution is 2.28. The SMILES string of the molecule is Cc1cc(C(C)C)cc(C)c1C.Cc1cc(C)c(C(C)C)c(C)c1.Cc1cc(C)c(C(C)C)cc1C.Cc1cc(C)c(C)c(C(C)C)c1.Cc1ccc(C(C)C)c(C)c1C.Cc1ccc(C)c(C(C)C)c1C. The second-order valence-electron chi connectivity index (χ2n) is 23.6. The number of benzene rings is 6. The van der Waals surface area contributed by atoms with Crippen LogP contribution in [0.15, 0.2) is 72.8 Å². The second kappa shape index (κ2) is 29.9. The Labute approximate surface area is 447 Å². The molecule has 0 heteroatoms. The van der Waals surface area contributed by atoms with Crippen molar-refractivity contribution in [1.29, 1.82) is 0 Å². The van der Waals surface area contributed by atoms with Crippen LogP contribution < -0.4 is 0 Å². The first-order valence-electron chi connectivity index (χ1n) is 27.6. The smallest absolute Gasteiger partial charge is 0.0213 e. The molecule has 0 aliphatic rings. The lowest BCUT2D eigenvalue weighted by Gasteiger charge is -2.15. The average Bonchev–Trinajstić information content (AvgIpc) is 3.26. The molecule has 0 aromatic heterocycles. The third-order valence-electron chi connectivity index (χ3n) is 15.2. The fourth-order valence-corrected chi connectivity index (χ4v) is 10.2. The van der Waals surface area contributed by atoms with Crippen LogP contribution in [0.4, 0.5) is 0 Å². The summed E-state index contributed by atoms with van der Waals surface area (Å²) in [5.41, 5.74) is 34.5. The molecule has 6 aromatic rings. The van der Waals surface area contributed by atoms with Gasteiger partial charge in [0, 0.05) is 0 Å². The predicted octanol–water partition coefficient (Wildman–Crippen LogP) is 22.4. The van der Waals surface area contributed by atoms with Crippen LogP contribution >= 0.6 is 0 Å². The Bertz CT molecular complexity index is 2600. The van der Waals surface area contributed by atoms with Crippen molar-refractivity contribution in [2.75, 3.05) is 0 Å². The van der Waals surface area contributed by atoms with Crippen LogP contribution in [0, 0.1) is 125 Å². The monoisotopic (exact) mass is 973 g/mol. The van der Waals surface area contributed by atoms with Gasteiger partial charge in [0.15, 0.2) is 0 Å². The van der Waals surface area contributed by atoms with E-state index in [0.717, 1.165) is 0 Å². The van der Waals surface area contributed by atoms with Crippen LogP contribution in [0.3, 0.4) is 0 Å². The molecule has 0 heterocycles. The summed E-state index contributed by atoms with van der Waals surface area (Å²) in [4.78, 5) is 0. The zero-order valence-electron chi connectivity index (χ0n) is 52.4. The standard InChI is InChI=1S/6C12H18/c1-8(2)12-6-9(3)11(5)10(4)7-12;1-8(2)12-7-10(4)9(3)6-11(12)5;1-8(2)12-7-9(3)6-10(4)11(12)5;1-8(2)12-10(4)6-9(3)7-11(12)5;1-8(2)12-7-6-9(3)10(4)11(12)5;1-8(2)12-10(4)7-6-9(3)11(12)5/h6*6-8H,1-5H3. The van der Waals surface area contributed by atoms with E-state index in [4.69, 9.17) is 0 Å². The molecule has 0 radical (unpaired) electrons. The minimum absolute atomic E-state index is 0.642. The second-order valence-corrected chi connectivity index (χ2v) is 23.6. The first-order chi connectivity index (χ1) is 33.2. The minimum atomic E-state index is 0.642. The third kappa shape index (κ3) is 19.6. The van der Waals surface area contributed by atoms with Crippen molar-refractivity contribution in [3.63, 3.8) is 0 Å². The Morgan fingerprint density at radius 1 is 0.208 bits per heavy atom. The lowest BCUT2D eigenvalue weighted by Crippen LogP contribution is -1.97. The maximum Gasteiger partial charge on any atom is -0.0213 e. The minimum Gasteiger partial charge on any atom is -0.0588 e. The van der Waals surface area contributed by atoms with E-state index in [1.54, 1.807) is 0 Å². The number of aryl methyl sites for hydroxylation is 13. The van der Waals surface area contributed by atoms with Crippen molar-refractivity contribution in [1.82, 2.24) is 0 Å². The van der Waals surface area contributed by atoms with Crippen LogP contribution in [0.1, 0.15) is 252 Å². The number of hydrogen-bond acceptors (Lipinski definition) is 0. The molecule has 0 saturated carbocycles. The van der Waals surface area contributed by atoms with Gasteiger partial charge < -0.3 is 0 Å². The lowest BCUT2D eigenvalue weighted by atomic mass is 9.91. The van der Waals surface area contributed by atoms with Crippen molar-refractivity contribution in [3.05, 3.63) is 206 Å². The number of hydrogen-bond donors (Lipinski definition) is 0. The van der Waals surface area contributed by atoms with E-state index in [2.05, 4.69) is 281 Å². The molecule has 0 atom stereocenters. The Kier molecular flexibility index (Phi) is 27.1. The molecule has 0 aliphatic carbocycles. The van der Waals surface area contributed by atoms with Crippen LogP contribution in [-0.2, 0) is 0 Å². The Morgan fingerprint density at radius 2 is 0.597 bits per heavy atom. The van der Waals surface area contributed by atoms with Crippen molar-refractivity contribution in [2.45, 2.75) is 243 Å². The quantitative estimate of drug-likeness (QED) is 0.156. The molecule has 6 rings (SSSR count). The van der Waals surface area contributed by atoms with Gasteiger partial charge in [-0.25, -0.2) is 0 Å². The molecule has 0 fully saturated rings. The molecule has 396 valence electrons. The van der Waals surface area contributed by atoms with Crippen molar-refractivity contribution in [3.8, 4) is 0 Å². The predicted molar refractivity (Wildman–Crippen MR) is 328 cm³/mol. The third-order valence-corrected chi connectivity index (χ3v) is 15.2. The summed E-state index contributed by atoms with van der Waals surface area (Å²) in [5, 5.41) is 0. The van der Waals surface area contributed by atoms with E-state index < -0.39 is 0 Å². The van der Waals surface area contributed by atoms with Gasteiger partial charge in [0.1, 0.15) is 0 Å². The molecule has 6 aromatic carbocycles. The fourth-order valence-electron chi connectivity index (χ4n) is 10.2. The molecule has 0 spiro atoms. The van der Waals surface area contributed by atoms with Crippen LogP contribution in [0.25, 0.3) is 0 Å². The van der Waals surface area contributed by atoms with Crippen molar-refractivity contribution >= 4 is 0 Å². The zero-order valence-corrected chi connectivity index (χ0v) is 52.4. The summed E-state index contributed by atoms with van der Waals surface area (Å²) in [5.74, 6) is 3.86. The van der Waals surface area contributed by atoms with Gasteiger partial charge in [-0.3, -0.25) is 0 Å². The first kappa shape index (κ1) is 65.3. The van der Waals surface area contributed by atoms with Crippen molar-refractivity contribution in [2.24, 2.45) is 0 Å². The van der Waals surface area contributed by atoms with Crippen molar-refractivity contribution < 1.29 is 0 Å². The summed E-state index contributed by atoms with van der Waals surface area (Å²) in [7, 11) is 0. The Morgan fingerprint density at radius 3 is 1.03 bits per heavy atom. The molecule has 72 heavy (non-hydrogen) atoms. The number of rotatable bonds is 6. The molecule has 0 nitrogen and oxygen atoms in total. The lowest BCUT2D eigenvalue weighted by molar-refractivity contribution is 0.843. The molecular formula is C72H108. The summed E-state index contributed by atoms with van der Waals surface area (Å²) in [6.07, 6.45) is 0. The highest BCUT2D eigenvalue weighted by Gasteiger charge is 2.11. The van der Waals surface area contributed by atoms with E-state index in [0.29, 0.717) is 35.5 Å². The zero-order chi connectivity index (χ0) is 55.8. The van der Waals surface area contributed by atoms with Crippen LogP contribution in [-0.4, -0.2) is 0 Å². The van der Waals surface area contributed by atoms with Crippen LogP contribution in [0.2, 0.25) is 0 Å². The normalized spacial score (nSPS) is 10.8. The Balaban J connectivity index is 0.000000432. The molecule has 0 amide bonds. The maximum atomic E-state index is 2.31. The first-order valence-corrected chi connectivity index (χ1v) is 27.6. The van der Waals surface area contributed by atoms with Gasteiger partial charge in [0.05, 0.1) is 0 Å². The van der Waals surface area contributed by atoms with Gasteiger partial charge >= 0.3 is 0 Å². The molecule has 0 bridgehead atoms. The highest BCUT2D eigenvalue weighted by atomic mass is 14.2. The van der Waals surface area contributed by atoms with E-state index in [9.17, 15) is 0 Å². The van der Waals surface area contributed by atoms with E-state index >= 15 is 0 Å².